The lowest BCUT2D eigenvalue weighted by Gasteiger charge is -2.07. The molecule has 2 aromatic rings. The van der Waals surface area contributed by atoms with Crippen molar-refractivity contribution < 1.29 is 17.6 Å². The number of halogens is 5. The summed E-state index contributed by atoms with van der Waals surface area (Å²) in [5.41, 5.74) is -1.16. The fraction of sp³-hybridized carbons (Fsp3) is 0.273. The smallest absolute Gasteiger partial charge is 0.206 e. The van der Waals surface area contributed by atoms with Gasteiger partial charge in [-0.05, 0) is 25.1 Å². The molecule has 0 saturated heterocycles. The summed E-state index contributed by atoms with van der Waals surface area (Å²) < 4.78 is 51.3. The minimum absolute atomic E-state index is 0.0751. The molecule has 0 aliphatic rings. The summed E-state index contributed by atoms with van der Waals surface area (Å²) in [6, 6.07) is 2.17. The van der Waals surface area contributed by atoms with Crippen LogP contribution in [0.3, 0.4) is 0 Å². The summed E-state index contributed by atoms with van der Waals surface area (Å²) in [6.07, 6.45) is -4.53. The Hall–Kier alpha value is -1.21. The molecule has 0 aliphatic heterocycles. The van der Waals surface area contributed by atoms with E-state index in [0.29, 0.717) is 11.1 Å². The van der Waals surface area contributed by atoms with Crippen molar-refractivity contribution in [1.82, 2.24) is 10.2 Å². The van der Waals surface area contributed by atoms with Crippen LogP contribution in [0.5, 0.6) is 0 Å². The number of nitrogens with zero attached hydrogens (tertiary/aromatic N) is 2. The highest BCUT2D eigenvalue weighted by atomic mass is 35.5. The predicted octanol–water partition coefficient (Wildman–Crippen LogP) is 4.66. The second-order valence-electron chi connectivity index (χ2n) is 3.75. The van der Waals surface area contributed by atoms with Gasteiger partial charge >= 0.3 is 6.18 Å². The zero-order valence-electron chi connectivity index (χ0n) is 9.50. The Kier molecular flexibility index (Phi) is 3.78. The van der Waals surface area contributed by atoms with Crippen molar-refractivity contribution in [3.63, 3.8) is 0 Å². The summed E-state index contributed by atoms with van der Waals surface area (Å²) >= 11 is 6.75. The molecule has 0 amide bonds. The van der Waals surface area contributed by atoms with Crippen molar-refractivity contribution in [2.75, 3.05) is 0 Å². The standard InChI is InChI=1S/C11H7ClF4N2S/c1-5(12)9-17-18-10(19-9)7-4-6(11(14,15)16)2-3-8(7)13/h2-5H,1H3. The maximum Gasteiger partial charge on any atom is 0.416 e. The summed E-state index contributed by atoms with van der Waals surface area (Å²) in [5, 5.41) is 7.45. The number of alkyl halides is 4. The molecule has 2 rings (SSSR count). The highest BCUT2D eigenvalue weighted by Crippen LogP contribution is 2.35. The van der Waals surface area contributed by atoms with Crippen molar-refractivity contribution in [3.8, 4) is 10.6 Å². The van der Waals surface area contributed by atoms with Gasteiger partial charge in [-0.2, -0.15) is 13.2 Å². The first-order chi connectivity index (χ1) is 8.79. The van der Waals surface area contributed by atoms with Crippen LogP contribution < -0.4 is 0 Å². The molecule has 1 aromatic heterocycles. The molecule has 19 heavy (non-hydrogen) atoms. The number of hydrogen-bond donors (Lipinski definition) is 0. The maximum atomic E-state index is 13.6. The average Bonchev–Trinajstić information content (AvgIpc) is 2.77. The molecule has 0 N–H and O–H groups in total. The van der Waals surface area contributed by atoms with E-state index in [1.165, 1.54) is 0 Å². The Morgan fingerprint density at radius 3 is 2.47 bits per heavy atom. The van der Waals surface area contributed by atoms with Gasteiger partial charge in [0.1, 0.15) is 10.8 Å². The number of hydrogen-bond acceptors (Lipinski definition) is 3. The fourth-order valence-electron chi connectivity index (χ4n) is 1.37. The molecule has 0 radical (unpaired) electrons. The minimum atomic E-state index is -4.53. The zero-order chi connectivity index (χ0) is 14.2. The van der Waals surface area contributed by atoms with Crippen molar-refractivity contribution >= 4 is 22.9 Å². The molecule has 0 aliphatic carbocycles. The molecule has 1 aromatic carbocycles. The summed E-state index contributed by atoms with van der Waals surface area (Å²) in [4.78, 5) is 0. The molecule has 102 valence electrons. The van der Waals surface area contributed by atoms with Crippen LogP contribution in [-0.2, 0) is 6.18 Å². The largest absolute Gasteiger partial charge is 0.416 e. The topological polar surface area (TPSA) is 25.8 Å². The predicted molar refractivity (Wildman–Crippen MR) is 64.6 cm³/mol. The first kappa shape index (κ1) is 14.2. The van der Waals surface area contributed by atoms with Crippen molar-refractivity contribution in [2.24, 2.45) is 0 Å². The van der Waals surface area contributed by atoms with Gasteiger partial charge in [0.05, 0.1) is 10.9 Å². The Bertz CT molecular complexity index is 595. The molecule has 1 atom stereocenters. The first-order valence-corrected chi connectivity index (χ1v) is 6.39. The molecule has 2 nitrogen and oxygen atoms in total. The van der Waals surface area contributed by atoms with Gasteiger partial charge in [-0.25, -0.2) is 4.39 Å². The third kappa shape index (κ3) is 3.03. The van der Waals surface area contributed by atoms with Crippen LogP contribution in [0.1, 0.15) is 22.9 Å². The van der Waals surface area contributed by atoms with E-state index in [1.54, 1.807) is 6.92 Å². The van der Waals surface area contributed by atoms with E-state index in [4.69, 9.17) is 11.6 Å². The van der Waals surface area contributed by atoms with Gasteiger partial charge in [0.15, 0.2) is 5.01 Å². The molecule has 0 saturated carbocycles. The SMILES string of the molecule is CC(Cl)c1nnc(-c2cc(C(F)(F)F)ccc2F)s1. The molecule has 8 heteroatoms. The molecule has 0 spiro atoms. The number of rotatable bonds is 2. The molecule has 0 fully saturated rings. The van der Waals surface area contributed by atoms with Gasteiger partial charge in [-0.15, -0.1) is 21.8 Å². The van der Waals surface area contributed by atoms with Crippen LogP contribution >= 0.6 is 22.9 Å². The van der Waals surface area contributed by atoms with Crippen LogP contribution in [0.4, 0.5) is 17.6 Å². The average molecular weight is 311 g/mol. The lowest BCUT2D eigenvalue weighted by atomic mass is 10.1. The Morgan fingerprint density at radius 2 is 1.95 bits per heavy atom. The van der Waals surface area contributed by atoms with Crippen molar-refractivity contribution in [1.29, 1.82) is 0 Å². The maximum absolute atomic E-state index is 13.6. The zero-order valence-corrected chi connectivity index (χ0v) is 11.1. The van der Waals surface area contributed by atoms with Gasteiger partial charge in [0.2, 0.25) is 0 Å². The summed E-state index contributed by atoms with van der Waals surface area (Å²) in [5.74, 6) is -0.780. The molecule has 1 unspecified atom stereocenters. The molecule has 0 bridgehead atoms. The third-order valence-corrected chi connectivity index (χ3v) is 3.78. The lowest BCUT2D eigenvalue weighted by molar-refractivity contribution is -0.137. The van der Waals surface area contributed by atoms with Gasteiger partial charge in [-0.3, -0.25) is 0 Å². The van der Waals surface area contributed by atoms with E-state index in [9.17, 15) is 17.6 Å². The van der Waals surface area contributed by atoms with Crippen LogP contribution in [0.2, 0.25) is 0 Å². The Labute approximate surface area is 115 Å². The van der Waals surface area contributed by atoms with E-state index in [2.05, 4.69) is 10.2 Å². The van der Waals surface area contributed by atoms with Crippen LogP contribution in [-0.4, -0.2) is 10.2 Å². The normalized spacial score (nSPS) is 13.6. The van der Waals surface area contributed by atoms with Crippen molar-refractivity contribution in [3.05, 3.63) is 34.6 Å². The van der Waals surface area contributed by atoms with Gasteiger partial charge in [0, 0.05) is 5.56 Å². The highest BCUT2D eigenvalue weighted by molar-refractivity contribution is 7.15. The first-order valence-electron chi connectivity index (χ1n) is 5.13. The summed E-state index contributed by atoms with van der Waals surface area (Å²) in [7, 11) is 0. The quantitative estimate of drug-likeness (QED) is 0.595. The monoisotopic (exact) mass is 310 g/mol. The third-order valence-electron chi connectivity index (χ3n) is 2.31. The van der Waals surface area contributed by atoms with Gasteiger partial charge in [-0.1, -0.05) is 11.3 Å². The van der Waals surface area contributed by atoms with E-state index >= 15 is 0 Å². The highest BCUT2D eigenvalue weighted by Gasteiger charge is 2.31. The van der Waals surface area contributed by atoms with Gasteiger partial charge in [0.25, 0.3) is 0 Å². The fourth-order valence-corrected chi connectivity index (χ4v) is 2.34. The molecule has 1 heterocycles. The number of aromatic nitrogens is 2. The molecular formula is C11H7ClF4N2S. The Balaban J connectivity index is 2.48. The van der Waals surface area contributed by atoms with E-state index < -0.39 is 22.9 Å². The van der Waals surface area contributed by atoms with Crippen LogP contribution in [0.15, 0.2) is 18.2 Å². The second kappa shape index (κ2) is 5.05. The van der Waals surface area contributed by atoms with E-state index in [1.807, 2.05) is 0 Å². The second-order valence-corrected chi connectivity index (χ2v) is 5.42. The minimum Gasteiger partial charge on any atom is -0.206 e. The molecular weight excluding hydrogens is 304 g/mol. The lowest BCUT2D eigenvalue weighted by Crippen LogP contribution is -2.05. The number of benzene rings is 1. The van der Waals surface area contributed by atoms with Gasteiger partial charge < -0.3 is 0 Å². The van der Waals surface area contributed by atoms with E-state index in [0.717, 1.165) is 23.5 Å². The van der Waals surface area contributed by atoms with Crippen LogP contribution in [0.25, 0.3) is 10.6 Å². The summed E-state index contributed by atoms with van der Waals surface area (Å²) in [6.45, 7) is 1.65. The van der Waals surface area contributed by atoms with Crippen molar-refractivity contribution in [2.45, 2.75) is 18.5 Å². The van der Waals surface area contributed by atoms with E-state index in [-0.39, 0.29) is 10.6 Å². The Morgan fingerprint density at radius 1 is 1.26 bits per heavy atom. The van der Waals surface area contributed by atoms with Crippen LogP contribution in [0, 0.1) is 5.82 Å².